The van der Waals surface area contributed by atoms with Gasteiger partial charge in [-0.1, -0.05) is 26.7 Å². The highest BCUT2D eigenvalue weighted by molar-refractivity contribution is 5.91. The quantitative estimate of drug-likeness (QED) is 0.775. The topological polar surface area (TPSA) is 68.3 Å². The maximum Gasteiger partial charge on any atom is 0.287 e. The van der Waals surface area contributed by atoms with E-state index in [0.717, 1.165) is 12.8 Å². The van der Waals surface area contributed by atoms with E-state index in [1.54, 1.807) is 12.1 Å². The lowest BCUT2D eigenvalue weighted by Gasteiger charge is -2.12. The Morgan fingerprint density at radius 3 is 2.62 bits per heavy atom. The van der Waals surface area contributed by atoms with Crippen molar-refractivity contribution in [3.8, 4) is 0 Å². The number of carbonyl (C=O) groups excluding carboxylic acids is 1. The molecule has 0 aliphatic heterocycles. The molecule has 0 aromatic carbocycles. The van der Waals surface area contributed by atoms with E-state index in [2.05, 4.69) is 19.2 Å². The molecular formula is C12H20N2O2. The Balaban J connectivity index is 2.46. The number of hydrogen-bond donors (Lipinski definition) is 2. The van der Waals surface area contributed by atoms with Crippen molar-refractivity contribution in [2.75, 3.05) is 6.54 Å². The van der Waals surface area contributed by atoms with Crippen LogP contribution in [0.1, 0.15) is 43.0 Å². The van der Waals surface area contributed by atoms with Crippen LogP contribution in [0.15, 0.2) is 16.5 Å². The maximum atomic E-state index is 11.7. The molecule has 4 heteroatoms. The second-order valence-corrected chi connectivity index (χ2v) is 3.86. The molecule has 0 spiro atoms. The Hall–Kier alpha value is -1.29. The number of hydrogen-bond acceptors (Lipinski definition) is 3. The van der Waals surface area contributed by atoms with Crippen molar-refractivity contribution >= 4 is 5.91 Å². The lowest BCUT2D eigenvalue weighted by Crippen LogP contribution is -2.28. The zero-order valence-electron chi connectivity index (χ0n) is 9.95. The Morgan fingerprint density at radius 2 is 2.12 bits per heavy atom. The molecular weight excluding hydrogens is 204 g/mol. The molecule has 1 amide bonds. The fourth-order valence-corrected chi connectivity index (χ4v) is 1.51. The second-order valence-electron chi connectivity index (χ2n) is 3.86. The summed E-state index contributed by atoms with van der Waals surface area (Å²) in [5.74, 6) is 1.35. The molecule has 0 unspecified atom stereocenters. The van der Waals surface area contributed by atoms with Crippen molar-refractivity contribution in [2.24, 2.45) is 11.7 Å². The summed E-state index contributed by atoms with van der Waals surface area (Å²) in [5, 5.41) is 2.86. The van der Waals surface area contributed by atoms with Gasteiger partial charge in [-0.15, -0.1) is 0 Å². The molecule has 0 aliphatic carbocycles. The van der Waals surface area contributed by atoms with E-state index in [-0.39, 0.29) is 5.91 Å². The minimum atomic E-state index is -0.161. The molecule has 0 bridgehead atoms. The molecule has 90 valence electrons. The highest BCUT2D eigenvalue weighted by atomic mass is 16.4. The van der Waals surface area contributed by atoms with Crippen LogP contribution in [0.5, 0.6) is 0 Å². The van der Waals surface area contributed by atoms with E-state index < -0.39 is 0 Å². The third kappa shape index (κ3) is 3.38. The summed E-state index contributed by atoms with van der Waals surface area (Å²) in [6.45, 7) is 5.27. The first-order valence-corrected chi connectivity index (χ1v) is 5.78. The Bertz CT molecular complexity index is 330. The summed E-state index contributed by atoms with van der Waals surface area (Å²) >= 11 is 0. The zero-order valence-corrected chi connectivity index (χ0v) is 9.95. The van der Waals surface area contributed by atoms with Crippen LogP contribution >= 0.6 is 0 Å². The molecule has 0 saturated carbocycles. The van der Waals surface area contributed by atoms with Crippen LogP contribution in [0, 0.1) is 5.92 Å². The molecule has 1 aromatic heterocycles. The largest absolute Gasteiger partial charge is 0.455 e. The maximum absolute atomic E-state index is 11.7. The average molecular weight is 224 g/mol. The first-order valence-electron chi connectivity index (χ1n) is 5.78. The summed E-state index contributed by atoms with van der Waals surface area (Å²) in [4.78, 5) is 11.7. The Labute approximate surface area is 96.2 Å². The van der Waals surface area contributed by atoms with E-state index in [4.69, 9.17) is 10.2 Å². The molecule has 1 aromatic rings. The molecule has 1 rings (SSSR count). The monoisotopic (exact) mass is 224 g/mol. The van der Waals surface area contributed by atoms with Gasteiger partial charge in [0.1, 0.15) is 5.76 Å². The van der Waals surface area contributed by atoms with Crippen LogP contribution in [0.25, 0.3) is 0 Å². The lowest BCUT2D eigenvalue weighted by atomic mass is 10.0. The third-order valence-corrected chi connectivity index (χ3v) is 2.79. The highest BCUT2D eigenvalue weighted by Crippen LogP contribution is 2.08. The molecule has 16 heavy (non-hydrogen) atoms. The minimum absolute atomic E-state index is 0.161. The van der Waals surface area contributed by atoms with Crippen molar-refractivity contribution < 1.29 is 9.21 Å². The van der Waals surface area contributed by atoms with Crippen LogP contribution in [0.4, 0.5) is 0 Å². The second kappa shape index (κ2) is 6.33. The first kappa shape index (κ1) is 12.8. The van der Waals surface area contributed by atoms with Gasteiger partial charge < -0.3 is 15.5 Å². The van der Waals surface area contributed by atoms with Gasteiger partial charge in [-0.2, -0.15) is 0 Å². The molecule has 0 saturated heterocycles. The van der Waals surface area contributed by atoms with E-state index in [0.29, 0.717) is 30.5 Å². The number of nitrogens with one attached hydrogen (secondary N) is 1. The van der Waals surface area contributed by atoms with E-state index in [1.807, 2.05) is 0 Å². The van der Waals surface area contributed by atoms with Crippen molar-refractivity contribution in [2.45, 2.75) is 33.2 Å². The average Bonchev–Trinajstić information content (AvgIpc) is 2.78. The van der Waals surface area contributed by atoms with Crippen LogP contribution in [-0.2, 0) is 6.54 Å². The predicted molar refractivity (Wildman–Crippen MR) is 63.0 cm³/mol. The first-order chi connectivity index (χ1) is 7.71. The molecule has 4 nitrogen and oxygen atoms in total. The third-order valence-electron chi connectivity index (χ3n) is 2.79. The van der Waals surface area contributed by atoms with Gasteiger partial charge in [0, 0.05) is 6.54 Å². The van der Waals surface area contributed by atoms with Crippen molar-refractivity contribution in [1.29, 1.82) is 0 Å². The van der Waals surface area contributed by atoms with E-state index >= 15 is 0 Å². The van der Waals surface area contributed by atoms with Crippen molar-refractivity contribution in [1.82, 2.24) is 5.32 Å². The summed E-state index contributed by atoms with van der Waals surface area (Å²) in [5.41, 5.74) is 5.40. The van der Waals surface area contributed by atoms with Gasteiger partial charge in [0.2, 0.25) is 0 Å². The fraction of sp³-hybridized carbons (Fsp3) is 0.583. The summed E-state index contributed by atoms with van der Waals surface area (Å²) < 4.78 is 5.26. The Kier molecular flexibility index (Phi) is 5.05. The molecule has 1 heterocycles. The summed E-state index contributed by atoms with van der Waals surface area (Å²) in [7, 11) is 0. The predicted octanol–water partition coefficient (Wildman–Crippen LogP) is 1.90. The van der Waals surface area contributed by atoms with Crippen LogP contribution in [0.3, 0.4) is 0 Å². The van der Waals surface area contributed by atoms with Gasteiger partial charge in [0.05, 0.1) is 6.54 Å². The number of amides is 1. The smallest absolute Gasteiger partial charge is 0.287 e. The van der Waals surface area contributed by atoms with E-state index in [1.165, 1.54) is 0 Å². The molecule has 3 N–H and O–H groups in total. The van der Waals surface area contributed by atoms with Gasteiger partial charge in [0.15, 0.2) is 5.76 Å². The molecule has 0 fully saturated rings. The number of rotatable bonds is 6. The van der Waals surface area contributed by atoms with E-state index in [9.17, 15) is 4.79 Å². The zero-order chi connectivity index (χ0) is 12.0. The molecule has 0 atom stereocenters. The lowest BCUT2D eigenvalue weighted by molar-refractivity contribution is 0.0917. The van der Waals surface area contributed by atoms with Gasteiger partial charge in [0.25, 0.3) is 5.91 Å². The van der Waals surface area contributed by atoms with Crippen LogP contribution in [0.2, 0.25) is 0 Å². The van der Waals surface area contributed by atoms with Crippen LogP contribution in [-0.4, -0.2) is 12.5 Å². The van der Waals surface area contributed by atoms with Crippen LogP contribution < -0.4 is 11.1 Å². The number of carbonyl (C=O) groups is 1. The number of furan rings is 1. The van der Waals surface area contributed by atoms with Gasteiger partial charge in [-0.3, -0.25) is 4.79 Å². The molecule has 0 radical (unpaired) electrons. The molecule has 0 aliphatic rings. The minimum Gasteiger partial charge on any atom is -0.455 e. The summed E-state index contributed by atoms with van der Waals surface area (Å²) in [6.07, 6.45) is 2.14. The normalized spacial score (nSPS) is 10.8. The standard InChI is InChI=1S/C12H20N2O2/c1-3-9(4-2)8-14-12(15)11-6-5-10(7-13)16-11/h5-6,9H,3-4,7-8,13H2,1-2H3,(H,14,15). The highest BCUT2D eigenvalue weighted by Gasteiger charge is 2.12. The number of nitrogens with two attached hydrogens (primary N) is 1. The van der Waals surface area contributed by atoms with Crippen molar-refractivity contribution in [3.05, 3.63) is 23.7 Å². The van der Waals surface area contributed by atoms with Crippen molar-refractivity contribution in [3.63, 3.8) is 0 Å². The van der Waals surface area contributed by atoms with Gasteiger partial charge >= 0.3 is 0 Å². The van der Waals surface area contributed by atoms with Gasteiger partial charge in [-0.05, 0) is 18.1 Å². The Morgan fingerprint density at radius 1 is 1.44 bits per heavy atom. The van der Waals surface area contributed by atoms with Gasteiger partial charge in [-0.25, -0.2) is 0 Å². The fourth-order valence-electron chi connectivity index (χ4n) is 1.51. The SMILES string of the molecule is CCC(CC)CNC(=O)c1ccc(CN)o1. The summed E-state index contributed by atoms with van der Waals surface area (Å²) in [6, 6.07) is 3.39.